The highest BCUT2D eigenvalue weighted by Gasteiger charge is 2.45. The number of aryl methyl sites for hydroxylation is 1. The molecule has 1 fully saturated rings. The highest BCUT2D eigenvalue weighted by Crippen LogP contribution is 2.41. The molecule has 2 N–H and O–H groups in total. The smallest absolute Gasteiger partial charge is 0.0596 e. The molecular formula is C13H18BrNO2. The second-order valence-electron chi connectivity index (χ2n) is 4.74. The molecule has 1 aliphatic heterocycles. The van der Waals surface area contributed by atoms with Crippen LogP contribution in [0.2, 0.25) is 0 Å². The van der Waals surface area contributed by atoms with Crippen LogP contribution in [0, 0.1) is 12.3 Å². The van der Waals surface area contributed by atoms with Gasteiger partial charge in [-0.3, -0.25) is 0 Å². The van der Waals surface area contributed by atoms with Gasteiger partial charge in [0.1, 0.15) is 0 Å². The molecule has 0 radical (unpaired) electrons. The number of rotatable bonds is 4. The standard InChI is InChI=1S/C13H18BrNO2/c1-9-3-4-10(14)5-11(9)12(15-2)13(6-16)7-17-8-13/h3-5,12,15-16H,6-8H2,1-2H3. The van der Waals surface area contributed by atoms with Gasteiger partial charge in [-0.1, -0.05) is 22.0 Å². The molecule has 3 nitrogen and oxygen atoms in total. The Morgan fingerprint density at radius 2 is 2.24 bits per heavy atom. The fourth-order valence-electron chi connectivity index (χ4n) is 2.43. The summed E-state index contributed by atoms with van der Waals surface area (Å²) in [6, 6.07) is 6.37. The van der Waals surface area contributed by atoms with Crippen molar-refractivity contribution in [2.75, 3.05) is 26.9 Å². The summed E-state index contributed by atoms with van der Waals surface area (Å²) in [7, 11) is 1.93. The summed E-state index contributed by atoms with van der Waals surface area (Å²) in [4.78, 5) is 0. The molecule has 0 aromatic heterocycles. The van der Waals surface area contributed by atoms with Crippen molar-refractivity contribution in [1.29, 1.82) is 0 Å². The monoisotopic (exact) mass is 299 g/mol. The number of nitrogens with one attached hydrogen (secondary N) is 1. The van der Waals surface area contributed by atoms with Crippen LogP contribution in [0.3, 0.4) is 0 Å². The maximum absolute atomic E-state index is 9.63. The molecule has 0 bridgehead atoms. The Labute approximate surface area is 110 Å². The molecule has 0 saturated carbocycles. The van der Waals surface area contributed by atoms with Crippen LogP contribution in [0.5, 0.6) is 0 Å². The molecule has 0 amide bonds. The first kappa shape index (κ1) is 13.0. The van der Waals surface area contributed by atoms with E-state index in [1.165, 1.54) is 11.1 Å². The lowest BCUT2D eigenvalue weighted by Crippen LogP contribution is -2.53. The van der Waals surface area contributed by atoms with Gasteiger partial charge in [0, 0.05) is 10.5 Å². The van der Waals surface area contributed by atoms with Crippen LogP contribution in [-0.2, 0) is 4.74 Å². The van der Waals surface area contributed by atoms with E-state index in [0.29, 0.717) is 13.2 Å². The average Bonchev–Trinajstić information content (AvgIpc) is 2.27. The van der Waals surface area contributed by atoms with Gasteiger partial charge < -0.3 is 15.2 Å². The predicted octanol–water partition coefficient (Wildman–Crippen LogP) is 2.03. The molecule has 1 aromatic rings. The number of aliphatic hydroxyl groups is 1. The summed E-state index contributed by atoms with van der Waals surface area (Å²) in [5, 5.41) is 12.9. The highest BCUT2D eigenvalue weighted by atomic mass is 79.9. The van der Waals surface area contributed by atoms with Crippen LogP contribution in [-0.4, -0.2) is 32.0 Å². The van der Waals surface area contributed by atoms with Crippen LogP contribution in [0.25, 0.3) is 0 Å². The van der Waals surface area contributed by atoms with Crippen molar-refractivity contribution in [3.63, 3.8) is 0 Å². The zero-order valence-corrected chi connectivity index (χ0v) is 11.8. The molecule has 1 aromatic carbocycles. The van der Waals surface area contributed by atoms with Gasteiger partial charge in [0.05, 0.1) is 25.2 Å². The van der Waals surface area contributed by atoms with Crippen LogP contribution in [0.15, 0.2) is 22.7 Å². The first-order valence-corrected chi connectivity index (χ1v) is 6.54. The number of ether oxygens (including phenoxy) is 1. The summed E-state index contributed by atoms with van der Waals surface area (Å²) in [5.74, 6) is 0. The Morgan fingerprint density at radius 3 is 2.71 bits per heavy atom. The Morgan fingerprint density at radius 1 is 1.53 bits per heavy atom. The third kappa shape index (κ3) is 2.27. The van der Waals surface area contributed by atoms with Crippen molar-refractivity contribution < 1.29 is 9.84 Å². The Kier molecular flexibility index (Phi) is 3.88. The molecule has 1 unspecified atom stereocenters. The number of hydrogen-bond acceptors (Lipinski definition) is 3. The van der Waals surface area contributed by atoms with E-state index < -0.39 is 0 Å². The highest BCUT2D eigenvalue weighted by molar-refractivity contribution is 9.10. The summed E-state index contributed by atoms with van der Waals surface area (Å²) in [6.07, 6.45) is 0. The van der Waals surface area contributed by atoms with Crippen molar-refractivity contribution in [1.82, 2.24) is 5.32 Å². The van der Waals surface area contributed by atoms with E-state index in [-0.39, 0.29) is 18.1 Å². The Bertz CT molecular complexity index is 399. The zero-order chi connectivity index (χ0) is 12.5. The second-order valence-corrected chi connectivity index (χ2v) is 5.65. The topological polar surface area (TPSA) is 41.5 Å². The predicted molar refractivity (Wildman–Crippen MR) is 71.0 cm³/mol. The quantitative estimate of drug-likeness (QED) is 0.894. The van der Waals surface area contributed by atoms with Crippen molar-refractivity contribution in [3.8, 4) is 0 Å². The van der Waals surface area contributed by atoms with Crippen molar-refractivity contribution in [2.45, 2.75) is 13.0 Å². The number of aliphatic hydroxyl groups excluding tert-OH is 1. The van der Waals surface area contributed by atoms with Gasteiger partial charge in [0.25, 0.3) is 0 Å². The van der Waals surface area contributed by atoms with E-state index >= 15 is 0 Å². The van der Waals surface area contributed by atoms with Crippen LogP contribution in [0.4, 0.5) is 0 Å². The maximum atomic E-state index is 9.63. The van der Waals surface area contributed by atoms with Crippen LogP contribution in [0.1, 0.15) is 17.2 Å². The first-order chi connectivity index (χ1) is 8.13. The minimum atomic E-state index is -0.180. The van der Waals surface area contributed by atoms with Crippen molar-refractivity contribution >= 4 is 15.9 Å². The fraction of sp³-hybridized carbons (Fsp3) is 0.538. The fourth-order valence-corrected chi connectivity index (χ4v) is 2.81. The molecular weight excluding hydrogens is 282 g/mol. The van der Waals surface area contributed by atoms with Gasteiger partial charge in [-0.2, -0.15) is 0 Å². The molecule has 4 heteroatoms. The Hall–Kier alpha value is -0.420. The number of hydrogen-bond donors (Lipinski definition) is 2. The third-order valence-corrected chi connectivity index (χ3v) is 4.04. The van der Waals surface area contributed by atoms with Gasteiger partial charge in [-0.15, -0.1) is 0 Å². The summed E-state index contributed by atoms with van der Waals surface area (Å²) < 4.78 is 6.35. The summed E-state index contributed by atoms with van der Waals surface area (Å²) in [6.45, 7) is 3.46. The first-order valence-electron chi connectivity index (χ1n) is 5.75. The molecule has 2 rings (SSSR count). The molecule has 1 saturated heterocycles. The zero-order valence-electron chi connectivity index (χ0n) is 10.2. The second kappa shape index (κ2) is 5.06. The SMILES string of the molecule is CNC(c1cc(Br)ccc1C)C1(CO)COC1. The maximum Gasteiger partial charge on any atom is 0.0596 e. The number of halogens is 1. The van der Waals surface area contributed by atoms with E-state index in [1.54, 1.807) is 0 Å². The summed E-state index contributed by atoms with van der Waals surface area (Å²) >= 11 is 3.50. The molecule has 1 aliphatic rings. The van der Waals surface area contributed by atoms with Gasteiger partial charge in [0.2, 0.25) is 0 Å². The van der Waals surface area contributed by atoms with E-state index in [0.717, 1.165) is 4.47 Å². The van der Waals surface area contributed by atoms with Gasteiger partial charge in [-0.05, 0) is 37.2 Å². The molecule has 17 heavy (non-hydrogen) atoms. The third-order valence-electron chi connectivity index (χ3n) is 3.55. The van der Waals surface area contributed by atoms with Gasteiger partial charge in [-0.25, -0.2) is 0 Å². The normalized spacial score (nSPS) is 19.8. The largest absolute Gasteiger partial charge is 0.396 e. The van der Waals surface area contributed by atoms with Gasteiger partial charge >= 0.3 is 0 Å². The van der Waals surface area contributed by atoms with Crippen molar-refractivity contribution in [2.24, 2.45) is 5.41 Å². The summed E-state index contributed by atoms with van der Waals surface area (Å²) in [5.41, 5.74) is 2.27. The van der Waals surface area contributed by atoms with Crippen molar-refractivity contribution in [3.05, 3.63) is 33.8 Å². The van der Waals surface area contributed by atoms with E-state index in [4.69, 9.17) is 4.74 Å². The number of benzene rings is 1. The molecule has 1 atom stereocenters. The van der Waals surface area contributed by atoms with E-state index in [1.807, 2.05) is 13.1 Å². The lowest BCUT2D eigenvalue weighted by molar-refractivity contribution is -0.155. The lowest BCUT2D eigenvalue weighted by Gasteiger charge is -2.46. The molecule has 1 heterocycles. The average molecular weight is 300 g/mol. The van der Waals surface area contributed by atoms with Crippen LogP contribution < -0.4 is 5.32 Å². The molecule has 94 valence electrons. The van der Waals surface area contributed by atoms with Crippen LogP contribution >= 0.6 is 15.9 Å². The minimum Gasteiger partial charge on any atom is -0.396 e. The Balaban J connectivity index is 2.37. The van der Waals surface area contributed by atoms with E-state index in [2.05, 4.69) is 40.3 Å². The lowest BCUT2D eigenvalue weighted by atomic mass is 9.75. The van der Waals surface area contributed by atoms with Gasteiger partial charge in [0.15, 0.2) is 0 Å². The molecule has 0 spiro atoms. The minimum absolute atomic E-state index is 0.124. The van der Waals surface area contributed by atoms with E-state index in [9.17, 15) is 5.11 Å². The molecule has 0 aliphatic carbocycles.